The molecule has 0 unspecified atom stereocenters. The molecule has 1 N–H and O–H groups in total. The van der Waals surface area contributed by atoms with Crippen molar-refractivity contribution in [1.82, 2.24) is 14.9 Å². The number of rotatable bonds is 5. The minimum atomic E-state index is -0.0358. The third-order valence-corrected chi connectivity index (χ3v) is 7.43. The van der Waals surface area contributed by atoms with Gasteiger partial charge in [-0.2, -0.15) is 5.26 Å². The smallest absolute Gasteiger partial charge is 0.239 e. The van der Waals surface area contributed by atoms with E-state index in [1.54, 1.807) is 11.3 Å². The van der Waals surface area contributed by atoms with Crippen molar-refractivity contribution in [2.45, 2.75) is 58.8 Å². The highest BCUT2D eigenvalue weighted by Crippen LogP contribution is 2.37. The molecule has 2 aromatic heterocycles. The minimum Gasteiger partial charge on any atom is -0.354 e. The molecule has 1 aliphatic carbocycles. The van der Waals surface area contributed by atoms with Gasteiger partial charge in [-0.15, -0.1) is 11.3 Å². The zero-order chi connectivity index (χ0) is 22.7. The first kappa shape index (κ1) is 22.7. The summed E-state index contributed by atoms with van der Waals surface area (Å²) in [5, 5.41) is 13.5. The number of anilines is 2. The average molecular weight is 453 g/mol. The van der Waals surface area contributed by atoms with Gasteiger partial charge < -0.3 is 10.2 Å². The number of carbonyl (C=O) groups is 1. The number of carbonyl (C=O) groups excluding carboxylic acids is 1. The molecule has 2 aliphatic rings. The van der Waals surface area contributed by atoms with Crippen LogP contribution >= 0.6 is 11.3 Å². The average Bonchev–Trinajstić information content (AvgIpc) is 2.92. The minimum absolute atomic E-state index is 0.0358. The maximum atomic E-state index is 12.8. The van der Waals surface area contributed by atoms with Crippen LogP contribution in [0.4, 0.5) is 10.8 Å². The molecule has 32 heavy (non-hydrogen) atoms. The molecule has 0 saturated carbocycles. The van der Waals surface area contributed by atoms with E-state index >= 15 is 0 Å². The van der Waals surface area contributed by atoms with Gasteiger partial charge in [0.15, 0.2) is 0 Å². The largest absolute Gasteiger partial charge is 0.354 e. The lowest BCUT2D eigenvalue weighted by Crippen LogP contribution is -2.49. The van der Waals surface area contributed by atoms with Crippen LogP contribution < -0.4 is 10.2 Å². The van der Waals surface area contributed by atoms with Gasteiger partial charge in [0.05, 0.1) is 12.1 Å². The molecular weight excluding hydrogens is 420 g/mol. The van der Waals surface area contributed by atoms with Crippen molar-refractivity contribution in [3.05, 3.63) is 33.6 Å². The van der Waals surface area contributed by atoms with Crippen molar-refractivity contribution in [3.8, 4) is 6.07 Å². The highest BCUT2D eigenvalue weighted by molar-refractivity contribution is 7.16. The van der Waals surface area contributed by atoms with Gasteiger partial charge in [0.2, 0.25) is 5.91 Å². The fourth-order valence-corrected chi connectivity index (χ4v) is 5.70. The predicted octanol–water partition coefficient (Wildman–Crippen LogP) is 3.87. The number of thiophene rings is 1. The van der Waals surface area contributed by atoms with Gasteiger partial charge in [-0.25, -0.2) is 9.97 Å². The fourth-order valence-electron chi connectivity index (χ4n) is 4.45. The number of hydrogen-bond donors (Lipinski definition) is 1. The van der Waals surface area contributed by atoms with Crippen molar-refractivity contribution in [2.75, 3.05) is 42.9 Å². The van der Waals surface area contributed by atoms with E-state index < -0.39 is 0 Å². The molecule has 170 valence electrons. The summed E-state index contributed by atoms with van der Waals surface area (Å²) in [7, 11) is 0. The Morgan fingerprint density at radius 3 is 2.66 bits per heavy atom. The number of piperazine rings is 1. The molecule has 1 amide bonds. The molecule has 7 nitrogen and oxygen atoms in total. The molecule has 0 aromatic carbocycles. The molecule has 1 saturated heterocycles. The van der Waals surface area contributed by atoms with E-state index in [0.717, 1.165) is 67.8 Å². The van der Waals surface area contributed by atoms with E-state index in [9.17, 15) is 10.1 Å². The van der Waals surface area contributed by atoms with Crippen molar-refractivity contribution < 1.29 is 4.79 Å². The number of aryl methyl sites for hydroxylation is 2. The Morgan fingerprint density at radius 2 is 1.94 bits per heavy atom. The molecular formula is C24H32N6OS. The van der Waals surface area contributed by atoms with E-state index in [-0.39, 0.29) is 5.91 Å². The molecule has 0 atom stereocenters. The van der Waals surface area contributed by atoms with Crippen LogP contribution in [-0.4, -0.2) is 53.5 Å². The van der Waals surface area contributed by atoms with Gasteiger partial charge in [-0.3, -0.25) is 9.69 Å². The van der Waals surface area contributed by atoms with Crippen LogP contribution in [0.2, 0.25) is 0 Å². The lowest BCUT2D eigenvalue weighted by Gasteiger charge is -2.35. The normalized spacial score (nSPS) is 17.0. The summed E-state index contributed by atoms with van der Waals surface area (Å²) in [5.41, 5.74) is 2.84. The standard InChI is InChI=1S/C24H32N6OS/c1-16(2)23-26-17(3)13-21(27-23)30-11-9-29(10-12-30)15-22(31)28-24-19(14-25)18-7-5-4-6-8-20(18)32-24/h13,16H,4-12,15H2,1-3H3,(H,28,31). The number of nitriles is 1. The second kappa shape index (κ2) is 9.97. The number of fused-ring (bicyclic) bond motifs is 1. The van der Waals surface area contributed by atoms with Gasteiger partial charge in [0.1, 0.15) is 22.7 Å². The first-order valence-corrected chi connectivity index (χ1v) is 12.4. The first-order chi connectivity index (χ1) is 15.4. The molecule has 8 heteroatoms. The lowest BCUT2D eigenvalue weighted by atomic mass is 10.1. The third kappa shape index (κ3) is 5.11. The lowest BCUT2D eigenvalue weighted by molar-refractivity contribution is -0.117. The Morgan fingerprint density at radius 1 is 1.19 bits per heavy atom. The zero-order valence-corrected chi connectivity index (χ0v) is 20.1. The van der Waals surface area contributed by atoms with Crippen molar-refractivity contribution >= 4 is 28.1 Å². The Bertz CT molecular complexity index is 1020. The molecule has 0 radical (unpaired) electrons. The topological polar surface area (TPSA) is 85.1 Å². The van der Waals surface area contributed by atoms with Crippen molar-refractivity contribution in [3.63, 3.8) is 0 Å². The fraction of sp³-hybridized carbons (Fsp3) is 0.583. The van der Waals surface area contributed by atoms with Crippen molar-refractivity contribution in [2.24, 2.45) is 0 Å². The highest BCUT2D eigenvalue weighted by atomic mass is 32.1. The van der Waals surface area contributed by atoms with Crippen LogP contribution in [0, 0.1) is 18.3 Å². The molecule has 0 spiro atoms. The molecule has 2 aromatic rings. The molecule has 1 fully saturated rings. The van der Waals surface area contributed by atoms with Crippen LogP contribution in [0.1, 0.15) is 66.6 Å². The monoisotopic (exact) mass is 452 g/mol. The summed E-state index contributed by atoms with van der Waals surface area (Å²) < 4.78 is 0. The Hall–Kier alpha value is -2.50. The van der Waals surface area contributed by atoms with E-state index in [1.807, 2.05) is 13.0 Å². The summed E-state index contributed by atoms with van der Waals surface area (Å²) in [6, 6.07) is 4.38. The molecule has 3 heterocycles. The Kier molecular flexibility index (Phi) is 7.07. The Labute approximate surface area is 194 Å². The van der Waals surface area contributed by atoms with E-state index in [2.05, 4.69) is 40.0 Å². The number of nitrogens with zero attached hydrogens (tertiary/aromatic N) is 5. The van der Waals surface area contributed by atoms with Gasteiger partial charge >= 0.3 is 0 Å². The number of amides is 1. The third-order valence-electron chi connectivity index (χ3n) is 6.22. The number of aromatic nitrogens is 2. The summed E-state index contributed by atoms with van der Waals surface area (Å²) in [5.74, 6) is 2.11. The van der Waals surface area contributed by atoms with Crippen LogP contribution in [-0.2, 0) is 17.6 Å². The van der Waals surface area contributed by atoms with Crippen LogP contribution in [0.15, 0.2) is 6.07 Å². The van der Waals surface area contributed by atoms with Crippen LogP contribution in [0.3, 0.4) is 0 Å². The van der Waals surface area contributed by atoms with Gasteiger partial charge in [0.25, 0.3) is 0 Å². The summed E-state index contributed by atoms with van der Waals surface area (Å²) >= 11 is 1.60. The maximum Gasteiger partial charge on any atom is 0.239 e. The van der Waals surface area contributed by atoms with Gasteiger partial charge in [0, 0.05) is 48.7 Å². The first-order valence-electron chi connectivity index (χ1n) is 11.6. The Balaban J connectivity index is 1.34. The quantitative estimate of drug-likeness (QED) is 0.693. The summed E-state index contributed by atoms with van der Waals surface area (Å²) in [4.78, 5) is 27.8. The molecule has 0 bridgehead atoms. The van der Waals surface area contributed by atoms with Gasteiger partial charge in [-0.05, 0) is 38.2 Å². The SMILES string of the molecule is Cc1cc(N2CCN(CC(=O)Nc3sc4c(c3C#N)CCCCC4)CC2)nc(C(C)C)n1. The highest BCUT2D eigenvalue weighted by Gasteiger charge is 2.24. The second-order valence-corrected chi connectivity index (χ2v) is 10.2. The number of nitrogens with one attached hydrogen (secondary N) is 1. The summed E-state index contributed by atoms with van der Waals surface area (Å²) in [6.07, 6.45) is 5.48. The van der Waals surface area contributed by atoms with Gasteiger partial charge in [-0.1, -0.05) is 20.3 Å². The number of hydrogen-bond acceptors (Lipinski definition) is 7. The maximum absolute atomic E-state index is 12.8. The zero-order valence-electron chi connectivity index (χ0n) is 19.3. The van der Waals surface area contributed by atoms with E-state index in [4.69, 9.17) is 4.98 Å². The van der Waals surface area contributed by atoms with E-state index in [1.165, 1.54) is 23.3 Å². The second-order valence-electron chi connectivity index (χ2n) is 9.07. The molecule has 4 rings (SSSR count). The van der Waals surface area contributed by atoms with Crippen molar-refractivity contribution in [1.29, 1.82) is 5.26 Å². The van der Waals surface area contributed by atoms with Crippen LogP contribution in [0.5, 0.6) is 0 Å². The molecule has 1 aliphatic heterocycles. The van der Waals surface area contributed by atoms with E-state index in [0.29, 0.717) is 18.0 Å². The van der Waals surface area contributed by atoms with Crippen LogP contribution in [0.25, 0.3) is 0 Å². The summed E-state index contributed by atoms with van der Waals surface area (Å²) in [6.45, 7) is 9.85. The predicted molar refractivity (Wildman–Crippen MR) is 128 cm³/mol.